The van der Waals surface area contributed by atoms with Gasteiger partial charge in [-0.1, -0.05) is 41.9 Å². The Morgan fingerprint density at radius 2 is 1.63 bits per heavy atom. The third kappa shape index (κ3) is 7.19. The molecule has 0 fully saturated rings. The molecule has 0 atom stereocenters. The van der Waals surface area contributed by atoms with Crippen molar-refractivity contribution in [3.63, 3.8) is 0 Å². The van der Waals surface area contributed by atoms with Crippen molar-refractivity contribution in [3.8, 4) is 5.75 Å². The zero-order chi connectivity index (χ0) is 19.6. The van der Waals surface area contributed by atoms with E-state index in [0.29, 0.717) is 10.8 Å². The molecule has 0 unspecified atom stereocenters. The topological polar surface area (TPSA) is 76.7 Å². The van der Waals surface area contributed by atoms with Crippen molar-refractivity contribution in [1.82, 2.24) is 10.6 Å². The summed E-state index contributed by atoms with van der Waals surface area (Å²) in [6.07, 6.45) is -0.531. The zero-order valence-electron chi connectivity index (χ0n) is 15.4. The van der Waals surface area contributed by atoms with Gasteiger partial charge in [0.2, 0.25) is 0 Å². The molecule has 0 aliphatic carbocycles. The lowest BCUT2D eigenvalue weighted by Gasteiger charge is -2.11. The number of carbonyl (C=O) groups is 2. The summed E-state index contributed by atoms with van der Waals surface area (Å²) in [5.74, 6) is 0.312. The van der Waals surface area contributed by atoms with E-state index in [2.05, 4.69) is 10.6 Å². The van der Waals surface area contributed by atoms with Crippen molar-refractivity contribution in [2.45, 2.75) is 20.5 Å². The molecule has 27 heavy (non-hydrogen) atoms. The number of nitrogens with one attached hydrogen (secondary N) is 2. The van der Waals surface area contributed by atoms with Crippen LogP contribution in [0.5, 0.6) is 5.75 Å². The highest BCUT2D eigenvalue weighted by Gasteiger charge is 2.07. The van der Waals surface area contributed by atoms with Crippen LogP contribution >= 0.6 is 11.6 Å². The van der Waals surface area contributed by atoms with Gasteiger partial charge in [-0.15, -0.1) is 0 Å². The van der Waals surface area contributed by atoms with Gasteiger partial charge in [-0.25, -0.2) is 4.79 Å². The first-order valence-corrected chi connectivity index (χ1v) is 8.94. The van der Waals surface area contributed by atoms with Crippen LogP contribution in [0.2, 0.25) is 5.02 Å². The third-order valence-corrected chi connectivity index (χ3v) is 4.31. The summed E-state index contributed by atoms with van der Waals surface area (Å²) in [6.45, 7) is 4.39. The molecule has 2 aromatic rings. The van der Waals surface area contributed by atoms with Gasteiger partial charge in [0.05, 0.1) is 0 Å². The summed E-state index contributed by atoms with van der Waals surface area (Å²) in [6, 6.07) is 13.0. The fourth-order valence-corrected chi connectivity index (χ4v) is 2.44. The Kier molecular flexibility index (Phi) is 7.95. The second kappa shape index (κ2) is 10.4. The van der Waals surface area contributed by atoms with Gasteiger partial charge in [-0.3, -0.25) is 4.79 Å². The van der Waals surface area contributed by atoms with Gasteiger partial charge in [-0.2, -0.15) is 0 Å². The van der Waals surface area contributed by atoms with Gasteiger partial charge in [-0.05, 0) is 42.7 Å². The normalized spacial score (nSPS) is 10.2. The molecule has 6 nitrogen and oxygen atoms in total. The molecule has 2 N–H and O–H groups in total. The highest BCUT2D eigenvalue weighted by atomic mass is 35.5. The maximum Gasteiger partial charge on any atom is 0.407 e. The monoisotopic (exact) mass is 390 g/mol. The molecule has 2 amide bonds. The standard InChI is InChI=1S/C20H23ClN2O4/c1-14-10-17(11-15(2)19(14)21)26-13-18(24)22-8-9-23-20(25)27-12-16-6-4-3-5-7-16/h3-7,10-11H,8-9,12-13H2,1-2H3,(H,22,24)(H,23,25). The Bertz CT molecular complexity index is 758. The number of hydrogen-bond acceptors (Lipinski definition) is 4. The number of ether oxygens (including phenoxy) is 2. The van der Waals surface area contributed by atoms with Crippen LogP contribution in [0.4, 0.5) is 4.79 Å². The van der Waals surface area contributed by atoms with Gasteiger partial charge in [0, 0.05) is 18.1 Å². The van der Waals surface area contributed by atoms with Crippen molar-refractivity contribution in [3.05, 3.63) is 64.2 Å². The first-order valence-electron chi connectivity index (χ1n) is 8.56. The van der Waals surface area contributed by atoms with Crippen LogP contribution < -0.4 is 15.4 Å². The SMILES string of the molecule is Cc1cc(OCC(=O)NCCNC(=O)OCc2ccccc2)cc(C)c1Cl. The summed E-state index contributed by atoms with van der Waals surface area (Å²) in [5, 5.41) is 5.93. The average molecular weight is 391 g/mol. The molecule has 0 bridgehead atoms. The fraction of sp³-hybridized carbons (Fsp3) is 0.300. The van der Waals surface area contributed by atoms with E-state index in [1.54, 1.807) is 12.1 Å². The number of halogens is 1. The molecule has 0 radical (unpaired) electrons. The molecular weight excluding hydrogens is 368 g/mol. The summed E-state index contributed by atoms with van der Waals surface area (Å²) >= 11 is 6.10. The second-order valence-electron chi connectivity index (χ2n) is 6.00. The number of rotatable bonds is 8. The molecular formula is C20H23ClN2O4. The molecule has 0 saturated carbocycles. The first-order chi connectivity index (χ1) is 13.0. The number of alkyl carbamates (subject to hydrolysis) is 1. The number of aryl methyl sites for hydroxylation is 2. The van der Waals surface area contributed by atoms with E-state index < -0.39 is 6.09 Å². The maximum absolute atomic E-state index is 11.8. The van der Waals surface area contributed by atoms with Crippen LogP contribution in [-0.2, 0) is 16.1 Å². The minimum atomic E-state index is -0.531. The number of hydrogen-bond donors (Lipinski definition) is 2. The Morgan fingerprint density at radius 3 is 2.30 bits per heavy atom. The van der Waals surface area contributed by atoms with E-state index >= 15 is 0 Å². The Labute approximate surface area is 163 Å². The van der Waals surface area contributed by atoms with Crippen molar-refractivity contribution in [2.75, 3.05) is 19.7 Å². The van der Waals surface area contributed by atoms with Gasteiger partial charge < -0.3 is 20.1 Å². The van der Waals surface area contributed by atoms with E-state index in [0.717, 1.165) is 16.7 Å². The molecule has 2 aromatic carbocycles. The smallest absolute Gasteiger partial charge is 0.407 e. The van der Waals surface area contributed by atoms with Gasteiger partial charge in [0.25, 0.3) is 5.91 Å². The van der Waals surface area contributed by atoms with Crippen LogP contribution in [0.1, 0.15) is 16.7 Å². The minimum Gasteiger partial charge on any atom is -0.484 e. The lowest BCUT2D eigenvalue weighted by atomic mass is 10.1. The molecule has 0 saturated heterocycles. The van der Waals surface area contributed by atoms with Crippen LogP contribution in [0, 0.1) is 13.8 Å². The van der Waals surface area contributed by atoms with Crippen molar-refractivity contribution in [1.29, 1.82) is 0 Å². The Hall–Kier alpha value is -2.73. The first kappa shape index (κ1) is 20.6. The van der Waals surface area contributed by atoms with Gasteiger partial charge >= 0.3 is 6.09 Å². The van der Waals surface area contributed by atoms with Crippen LogP contribution in [0.3, 0.4) is 0 Å². The number of benzene rings is 2. The molecule has 0 aromatic heterocycles. The molecule has 144 valence electrons. The minimum absolute atomic E-state index is 0.112. The molecule has 7 heteroatoms. The molecule has 0 aliphatic heterocycles. The van der Waals surface area contributed by atoms with E-state index in [9.17, 15) is 9.59 Å². The Balaban J connectivity index is 1.60. The highest BCUT2D eigenvalue weighted by molar-refractivity contribution is 6.32. The van der Waals surface area contributed by atoms with E-state index in [4.69, 9.17) is 21.1 Å². The summed E-state index contributed by atoms with van der Waals surface area (Å²) in [4.78, 5) is 23.4. The molecule has 0 spiro atoms. The summed E-state index contributed by atoms with van der Waals surface area (Å²) < 4.78 is 10.5. The second-order valence-corrected chi connectivity index (χ2v) is 6.38. The van der Waals surface area contributed by atoms with Crippen molar-refractivity contribution < 1.29 is 19.1 Å². The maximum atomic E-state index is 11.8. The number of amides is 2. The third-order valence-electron chi connectivity index (χ3n) is 3.71. The zero-order valence-corrected chi connectivity index (χ0v) is 16.1. The summed E-state index contributed by atoms with van der Waals surface area (Å²) in [5.41, 5.74) is 2.70. The molecule has 2 rings (SSSR count). The van der Waals surface area contributed by atoms with Crippen molar-refractivity contribution >= 4 is 23.6 Å². The largest absolute Gasteiger partial charge is 0.484 e. The van der Waals surface area contributed by atoms with Crippen LogP contribution in [0.15, 0.2) is 42.5 Å². The van der Waals surface area contributed by atoms with Crippen molar-refractivity contribution in [2.24, 2.45) is 0 Å². The van der Waals surface area contributed by atoms with Gasteiger partial charge in [0.15, 0.2) is 6.61 Å². The van der Waals surface area contributed by atoms with Gasteiger partial charge in [0.1, 0.15) is 12.4 Å². The Morgan fingerprint density at radius 1 is 1.00 bits per heavy atom. The lowest BCUT2D eigenvalue weighted by Crippen LogP contribution is -2.37. The highest BCUT2D eigenvalue weighted by Crippen LogP contribution is 2.25. The quantitative estimate of drug-likeness (QED) is 0.677. The van der Waals surface area contributed by atoms with Crippen LogP contribution in [-0.4, -0.2) is 31.7 Å². The van der Waals surface area contributed by atoms with E-state index in [1.807, 2.05) is 44.2 Å². The van der Waals surface area contributed by atoms with E-state index in [-0.39, 0.29) is 32.2 Å². The lowest BCUT2D eigenvalue weighted by molar-refractivity contribution is -0.123. The predicted octanol–water partition coefficient (Wildman–Crippen LogP) is 3.38. The predicted molar refractivity (Wildman–Crippen MR) is 104 cm³/mol. The summed E-state index contributed by atoms with van der Waals surface area (Å²) in [7, 11) is 0. The average Bonchev–Trinajstić information content (AvgIpc) is 2.67. The molecule has 0 aliphatic rings. The van der Waals surface area contributed by atoms with E-state index in [1.165, 1.54) is 0 Å². The number of carbonyl (C=O) groups excluding carboxylic acids is 2. The fourth-order valence-electron chi connectivity index (χ4n) is 2.33. The molecule has 0 heterocycles. The van der Waals surface area contributed by atoms with Crippen LogP contribution in [0.25, 0.3) is 0 Å².